The topological polar surface area (TPSA) is 92.6 Å². The summed E-state index contributed by atoms with van der Waals surface area (Å²) in [5, 5.41) is 28.5. The molecule has 106 valence electrons. The Morgan fingerprint density at radius 2 is 1.76 bits per heavy atom. The number of alkyl halides is 3. The molecule has 0 aliphatic rings. The van der Waals surface area contributed by atoms with Crippen molar-refractivity contribution < 1.29 is 17.9 Å². The third-order valence-electron chi connectivity index (χ3n) is 2.01. The molecule has 0 heterocycles. The molecule has 0 fully saturated rings. The summed E-state index contributed by atoms with van der Waals surface area (Å²) in [6, 6.07) is 7.54. The predicted molar refractivity (Wildman–Crippen MR) is 65.6 cm³/mol. The highest BCUT2D eigenvalue weighted by molar-refractivity contribution is 6.30. The van der Waals surface area contributed by atoms with Crippen molar-refractivity contribution in [2.45, 2.75) is 6.36 Å². The third-order valence-corrected chi connectivity index (χ3v) is 2.25. The van der Waals surface area contributed by atoms with Gasteiger partial charge in [0.15, 0.2) is 11.3 Å². The van der Waals surface area contributed by atoms with Crippen LogP contribution in [0.5, 0.6) is 5.75 Å². The zero-order valence-corrected chi connectivity index (χ0v) is 10.7. The van der Waals surface area contributed by atoms with E-state index in [9.17, 15) is 13.2 Å². The molecule has 0 aliphatic carbocycles. The van der Waals surface area contributed by atoms with E-state index in [2.05, 4.69) is 10.1 Å². The lowest BCUT2D eigenvalue weighted by Crippen LogP contribution is -2.18. The van der Waals surface area contributed by atoms with Crippen molar-refractivity contribution in [2.75, 3.05) is 5.32 Å². The molecule has 0 saturated carbocycles. The molecule has 0 radical (unpaired) electrons. The van der Waals surface area contributed by atoms with Crippen molar-refractivity contribution >= 4 is 17.3 Å². The molecular weight excluding hydrogens is 309 g/mol. The van der Waals surface area contributed by atoms with Gasteiger partial charge in [-0.25, -0.2) is 0 Å². The standard InChI is InChI=1S/C12H4ClF3N4O/c13-8-1-2-11(21-12(14,15)16)9(3-8)20-10(6-19)7(4-17)5-18/h1-3,20H. The Balaban J connectivity index is 3.28. The summed E-state index contributed by atoms with van der Waals surface area (Å²) in [6.45, 7) is 0. The Kier molecular flexibility index (Phi) is 5.01. The summed E-state index contributed by atoms with van der Waals surface area (Å²) in [7, 11) is 0. The van der Waals surface area contributed by atoms with E-state index in [1.165, 1.54) is 18.2 Å². The van der Waals surface area contributed by atoms with Crippen LogP contribution >= 0.6 is 11.6 Å². The molecule has 0 aliphatic heterocycles. The van der Waals surface area contributed by atoms with E-state index in [1.54, 1.807) is 0 Å². The fraction of sp³-hybridized carbons (Fsp3) is 0.0833. The second-order valence-corrected chi connectivity index (χ2v) is 3.84. The van der Waals surface area contributed by atoms with Crippen molar-refractivity contribution in [3.05, 3.63) is 34.5 Å². The summed E-state index contributed by atoms with van der Waals surface area (Å²) in [4.78, 5) is 0. The number of nitrogens with zero attached hydrogens (tertiary/aromatic N) is 3. The van der Waals surface area contributed by atoms with Gasteiger partial charge in [0.25, 0.3) is 0 Å². The highest BCUT2D eigenvalue weighted by Crippen LogP contribution is 2.33. The summed E-state index contributed by atoms with van der Waals surface area (Å²) in [5.74, 6) is -0.658. The SMILES string of the molecule is N#CC(C#N)=C(C#N)Nc1cc(Cl)ccc1OC(F)(F)F. The highest BCUT2D eigenvalue weighted by Gasteiger charge is 2.32. The zero-order chi connectivity index (χ0) is 16.0. The van der Waals surface area contributed by atoms with Crippen LogP contribution in [-0.4, -0.2) is 6.36 Å². The number of ether oxygens (including phenoxy) is 1. The van der Waals surface area contributed by atoms with E-state index >= 15 is 0 Å². The molecule has 0 aromatic heterocycles. The molecule has 0 unspecified atom stereocenters. The first-order valence-electron chi connectivity index (χ1n) is 5.07. The number of nitrogens with one attached hydrogen (secondary N) is 1. The van der Waals surface area contributed by atoms with Crippen LogP contribution in [-0.2, 0) is 0 Å². The van der Waals surface area contributed by atoms with Gasteiger partial charge >= 0.3 is 6.36 Å². The monoisotopic (exact) mass is 312 g/mol. The minimum absolute atomic E-state index is 0.0692. The molecule has 1 N–H and O–H groups in total. The predicted octanol–water partition coefficient (Wildman–Crippen LogP) is 3.48. The maximum atomic E-state index is 12.3. The van der Waals surface area contributed by atoms with Crippen LogP contribution in [0.2, 0.25) is 5.02 Å². The molecule has 5 nitrogen and oxygen atoms in total. The van der Waals surface area contributed by atoms with Crippen molar-refractivity contribution in [3.63, 3.8) is 0 Å². The van der Waals surface area contributed by atoms with Gasteiger partial charge in [0.05, 0.1) is 5.69 Å². The van der Waals surface area contributed by atoms with Gasteiger partial charge in [-0.1, -0.05) is 11.6 Å². The number of rotatable bonds is 3. The molecule has 9 heteroatoms. The Hall–Kier alpha value is -2.89. The quantitative estimate of drug-likeness (QED) is 0.862. The summed E-state index contributed by atoms with van der Waals surface area (Å²) in [5.41, 5.74) is -1.41. The minimum Gasteiger partial charge on any atom is -0.404 e. The number of hydrogen-bond acceptors (Lipinski definition) is 5. The molecule has 0 spiro atoms. The number of anilines is 1. The number of nitriles is 3. The maximum Gasteiger partial charge on any atom is 0.573 e. The minimum atomic E-state index is -4.95. The summed E-state index contributed by atoms with van der Waals surface area (Å²) >= 11 is 5.66. The number of benzene rings is 1. The number of allylic oxidation sites excluding steroid dienone is 2. The van der Waals surface area contributed by atoms with Crippen LogP contribution in [0.3, 0.4) is 0 Å². The van der Waals surface area contributed by atoms with E-state index in [0.29, 0.717) is 0 Å². The van der Waals surface area contributed by atoms with Crippen LogP contribution < -0.4 is 10.1 Å². The molecule has 21 heavy (non-hydrogen) atoms. The van der Waals surface area contributed by atoms with Gasteiger partial charge < -0.3 is 10.1 Å². The average Bonchev–Trinajstić information content (AvgIpc) is 2.40. The molecule has 1 rings (SSSR count). The number of hydrogen-bond donors (Lipinski definition) is 1. The van der Waals surface area contributed by atoms with Gasteiger partial charge in [-0.2, -0.15) is 15.8 Å². The Labute approximate surface area is 122 Å². The van der Waals surface area contributed by atoms with Crippen LogP contribution in [0, 0.1) is 34.0 Å². The smallest absolute Gasteiger partial charge is 0.404 e. The zero-order valence-electron chi connectivity index (χ0n) is 9.99. The largest absolute Gasteiger partial charge is 0.573 e. The molecule has 0 atom stereocenters. The average molecular weight is 313 g/mol. The van der Waals surface area contributed by atoms with Gasteiger partial charge in [-0.3, -0.25) is 0 Å². The first kappa shape index (κ1) is 16.2. The highest BCUT2D eigenvalue weighted by atomic mass is 35.5. The Morgan fingerprint density at radius 1 is 1.14 bits per heavy atom. The van der Waals surface area contributed by atoms with Crippen molar-refractivity contribution in [1.29, 1.82) is 15.8 Å². The normalized spacial score (nSPS) is 9.76. The van der Waals surface area contributed by atoms with Gasteiger partial charge in [0.1, 0.15) is 23.9 Å². The van der Waals surface area contributed by atoms with E-state index in [4.69, 9.17) is 27.4 Å². The molecule has 0 bridgehead atoms. The molecule has 0 saturated heterocycles. The van der Waals surface area contributed by atoms with E-state index < -0.39 is 23.4 Å². The summed E-state index contributed by atoms with van der Waals surface area (Å²) in [6.07, 6.45) is -4.95. The van der Waals surface area contributed by atoms with Gasteiger partial charge in [-0.05, 0) is 18.2 Å². The van der Waals surface area contributed by atoms with Crippen LogP contribution in [0.25, 0.3) is 0 Å². The second-order valence-electron chi connectivity index (χ2n) is 3.40. The third kappa shape index (κ3) is 4.61. The maximum absolute atomic E-state index is 12.3. The first-order valence-corrected chi connectivity index (χ1v) is 5.45. The first-order chi connectivity index (χ1) is 9.80. The summed E-state index contributed by atoms with van der Waals surface area (Å²) < 4.78 is 40.6. The fourth-order valence-electron chi connectivity index (χ4n) is 1.23. The van der Waals surface area contributed by atoms with Crippen molar-refractivity contribution in [3.8, 4) is 24.0 Å². The van der Waals surface area contributed by atoms with Gasteiger partial charge in [0.2, 0.25) is 0 Å². The van der Waals surface area contributed by atoms with Gasteiger partial charge in [-0.15, -0.1) is 13.2 Å². The lowest BCUT2D eigenvalue weighted by Gasteiger charge is -2.14. The van der Waals surface area contributed by atoms with Crippen LogP contribution in [0.4, 0.5) is 18.9 Å². The number of halogens is 4. The lowest BCUT2D eigenvalue weighted by atomic mass is 10.2. The molecule has 1 aromatic carbocycles. The van der Waals surface area contributed by atoms with Crippen LogP contribution in [0.15, 0.2) is 29.5 Å². The molecule has 1 aromatic rings. The van der Waals surface area contributed by atoms with E-state index in [1.807, 2.05) is 0 Å². The van der Waals surface area contributed by atoms with Crippen molar-refractivity contribution in [1.82, 2.24) is 0 Å². The van der Waals surface area contributed by atoms with E-state index in [0.717, 1.165) is 18.2 Å². The van der Waals surface area contributed by atoms with Gasteiger partial charge in [0, 0.05) is 5.02 Å². The Bertz CT molecular complexity index is 691. The second kappa shape index (κ2) is 6.51. The van der Waals surface area contributed by atoms with Crippen molar-refractivity contribution in [2.24, 2.45) is 0 Å². The Morgan fingerprint density at radius 3 is 2.24 bits per heavy atom. The van der Waals surface area contributed by atoms with Crippen LogP contribution in [0.1, 0.15) is 0 Å². The molecular formula is C12H4ClF3N4O. The molecule has 0 amide bonds. The lowest BCUT2D eigenvalue weighted by molar-refractivity contribution is -0.274. The van der Waals surface area contributed by atoms with E-state index in [-0.39, 0.29) is 10.7 Å². The fourth-order valence-corrected chi connectivity index (χ4v) is 1.40.